The first kappa shape index (κ1) is 16.3. The third kappa shape index (κ3) is 4.06. The number of nitrogens with two attached hydrogens (primary N) is 1. The first-order valence-electron chi connectivity index (χ1n) is 7.76. The third-order valence-corrected chi connectivity index (χ3v) is 4.69. The molecule has 3 N–H and O–H groups in total. The summed E-state index contributed by atoms with van der Waals surface area (Å²) >= 11 is 1.54. The highest BCUT2D eigenvalue weighted by molar-refractivity contribution is 7.99. The van der Waals surface area contributed by atoms with Gasteiger partial charge in [0, 0.05) is 11.4 Å². The summed E-state index contributed by atoms with van der Waals surface area (Å²) in [5, 5.41) is 4.06. The van der Waals surface area contributed by atoms with Crippen LogP contribution in [-0.4, -0.2) is 9.97 Å². The molecule has 24 heavy (non-hydrogen) atoms. The Morgan fingerprint density at radius 1 is 0.917 bits per heavy atom. The van der Waals surface area contributed by atoms with Crippen molar-refractivity contribution < 1.29 is 0 Å². The largest absolute Gasteiger partial charge is 0.394 e. The lowest BCUT2D eigenvalue weighted by Gasteiger charge is -2.11. The van der Waals surface area contributed by atoms with Crippen molar-refractivity contribution in [1.82, 2.24) is 9.97 Å². The summed E-state index contributed by atoms with van der Waals surface area (Å²) in [6.07, 6.45) is 1.55. The number of rotatable bonds is 5. The Bertz CT molecular complexity index is 814. The second-order valence-electron chi connectivity index (χ2n) is 5.70. The lowest BCUT2D eigenvalue weighted by molar-refractivity contribution is 1.03. The van der Waals surface area contributed by atoms with Crippen molar-refractivity contribution in [2.45, 2.75) is 30.3 Å². The molecule has 5 heteroatoms. The molecule has 122 valence electrons. The summed E-state index contributed by atoms with van der Waals surface area (Å²) in [5.41, 5.74) is 10.5. The standard InChI is InChI=1S/C19H20N4S/c1-13-3-7-15(8-4-13)11-21-18-17(20)19(23-12-22-18)24-16-9-5-14(2)6-10-16/h3-10,12H,11,20H2,1-2H3,(H,21,22,23). The van der Waals surface area contributed by atoms with E-state index in [4.69, 9.17) is 5.73 Å². The van der Waals surface area contributed by atoms with Gasteiger partial charge in [0.15, 0.2) is 5.82 Å². The van der Waals surface area contributed by atoms with Gasteiger partial charge in [-0.3, -0.25) is 0 Å². The molecule has 4 nitrogen and oxygen atoms in total. The van der Waals surface area contributed by atoms with Gasteiger partial charge in [-0.2, -0.15) is 0 Å². The van der Waals surface area contributed by atoms with E-state index in [1.807, 2.05) is 0 Å². The molecule has 0 amide bonds. The average Bonchev–Trinajstić information content (AvgIpc) is 2.59. The molecule has 3 aromatic rings. The van der Waals surface area contributed by atoms with E-state index < -0.39 is 0 Å². The van der Waals surface area contributed by atoms with Gasteiger partial charge in [0.05, 0.1) is 0 Å². The predicted octanol–water partition coefficient (Wildman–Crippen LogP) is 4.44. The minimum absolute atomic E-state index is 0.579. The molecule has 0 saturated carbocycles. The Kier molecular flexibility index (Phi) is 5.01. The van der Waals surface area contributed by atoms with Gasteiger partial charge >= 0.3 is 0 Å². The van der Waals surface area contributed by atoms with Crippen molar-refractivity contribution >= 4 is 23.3 Å². The maximum atomic E-state index is 6.24. The maximum Gasteiger partial charge on any atom is 0.154 e. The van der Waals surface area contributed by atoms with Gasteiger partial charge in [0.2, 0.25) is 0 Å². The summed E-state index contributed by atoms with van der Waals surface area (Å²) in [6, 6.07) is 16.7. The molecule has 0 atom stereocenters. The summed E-state index contributed by atoms with van der Waals surface area (Å²) in [5.74, 6) is 0.667. The van der Waals surface area contributed by atoms with E-state index in [-0.39, 0.29) is 0 Å². The first-order valence-corrected chi connectivity index (χ1v) is 8.58. The molecule has 0 aliphatic heterocycles. The van der Waals surface area contributed by atoms with Crippen LogP contribution >= 0.6 is 11.8 Å². The fourth-order valence-electron chi connectivity index (χ4n) is 2.21. The normalized spacial score (nSPS) is 10.6. The quantitative estimate of drug-likeness (QED) is 0.674. The second-order valence-corrected chi connectivity index (χ2v) is 6.76. The van der Waals surface area contributed by atoms with Gasteiger partial charge < -0.3 is 11.1 Å². The lowest BCUT2D eigenvalue weighted by Crippen LogP contribution is -2.06. The second kappa shape index (κ2) is 7.36. The summed E-state index contributed by atoms with van der Waals surface area (Å²) in [4.78, 5) is 9.68. The third-order valence-electron chi connectivity index (χ3n) is 3.66. The molecular formula is C19H20N4S. The minimum Gasteiger partial charge on any atom is -0.394 e. The maximum absolute atomic E-state index is 6.24. The van der Waals surface area contributed by atoms with Crippen molar-refractivity contribution in [3.8, 4) is 0 Å². The van der Waals surface area contributed by atoms with E-state index >= 15 is 0 Å². The zero-order valence-electron chi connectivity index (χ0n) is 13.8. The highest BCUT2D eigenvalue weighted by atomic mass is 32.2. The van der Waals surface area contributed by atoms with Crippen LogP contribution in [0.2, 0.25) is 0 Å². The molecular weight excluding hydrogens is 316 g/mol. The lowest BCUT2D eigenvalue weighted by atomic mass is 10.1. The van der Waals surface area contributed by atoms with Crippen molar-refractivity contribution in [1.29, 1.82) is 0 Å². The number of nitrogens with zero attached hydrogens (tertiary/aromatic N) is 2. The van der Waals surface area contributed by atoms with Crippen LogP contribution in [0.25, 0.3) is 0 Å². The van der Waals surface area contributed by atoms with E-state index in [1.165, 1.54) is 16.7 Å². The first-order chi connectivity index (χ1) is 11.6. The Labute approximate surface area is 146 Å². The van der Waals surface area contributed by atoms with Gasteiger partial charge in [-0.15, -0.1) is 0 Å². The number of hydrogen-bond donors (Lipinski definition) is 2. The zero-order chi connectivity index (χ0) is 16.9. The van der Waals surface area contributed by atoms with E-state index in [0.717, 1.165) is 9.92 Å². The van der Waals surface area contributed by atoms with Gasteiger partial charge in [0.25, 0.3) is 0 Å². The van der Waals surface area contributed by atoms with Crippen LogP contribution in [-0.2, 0) is 6.54 Å². The Balaban J connectivity index is 1.72. The molecule has 1 heterocycles. The molecule has 0 bridgehead atoms. The number of anilines is 2. The van der Waals surface area contributed by atoms with Gasteiger partial charge in [-0.25, -0.2) is 9.97 Å². The molecule has 0 radical (unpaired) electrons. The molecule has 0 saturated heterocycles. The van der Waals surface area contributed by atoms with Crippen molar-refractivity contribution in [2.24, 2.45) is 0 Å². The van der Waals surface area contributed by atoms with Gasteiger partial charge in [-0.1, -0.05) is 59.3 Å². The Morgan fingerprint density at radius 3 is 2.21 bits per heavy atom. The van der Waals surface area contributed by atoms with E-state index in [1.54, 1.807) is 18.1 Å². The summed E-state index contributed by atoms with van der Waals surface area (Å²) in [7, 11) is 0. The van der Waals surface area contributed by atoms with Crippen LogP contribution in [0, 0.1) is 13.8 Å². The van der Waals surface area contributed by atoms with Crippen molar-refractivity contribution in [3.05, 3.63) is 71.5 Å². The minimum atomic E-state index is 0.579. The average molecular weight is 336 g/mol. The van der Waals surface area contributed by atoms with Crippen LogP contribution < -0.4 is 11.1 Å². The molecule has 3 rings (SSSR count). The summed E-state index contributed by atoms with van der Waals surface area (Å²) in [6.45, 7) is 4.82. The van der Waals surface area contributed by atoms with Crippen LogP contribution in [0.4, 0.5) is 11.5 Å². The fraction of sp³-hybridized carbons (Fsp3) is 0.158. The monoisotopic (exact) mass is 336 g/mol. The number of nitrogens with one attached hydrogen (secondary N) is 1. The molecule has 0 fully saturated rings. The number of nitrogen functional groups attached to an aromatic ring is 1. The molecule has 0 aliphatic rings. The number of aryl methyl sites for hydroxylation is 2. The molecule has 0 unspecified atom stereocenters. The summed E-state index contributed by atoms with van der Waals surface area (Å²) < 4.78 is 0. The van der Waals surface area contributed by atoms with E-state index in [2.05, 4.69) is 77.7 Å². The van der Waals surface area contributed by atoms with Crippen LogP contribution in [0.3, 0.4) is 0 Å². The topological polar surface area (TPSA) is 63.8 Å². The van der Waals surface area contributed by atoms with E-state index in [0.29, 0.717) is 18.1 Å². The van der Waals surface area contributed by atoms with E-state index in [9.17, 15) is 0 Å². The van der Waals surface area contributed by atoms with Crippen LogP contribution in [0.1, 0.15) is 16.7 Å². The van der Waals surface area contributed by atoms with Crippen molar-refractivity contribution in [3.63, 3.8) is 0 Å². The highest BCUT2D eigenvalue weighted by Gasteiger charge is 2.09. The SMILES string of the molecule is Cc1ccc(CNc2ncnc(Sc3ccc(C)cc3)c2N)cc1. The molecule has 0 aliphatic carbocycles. The predicted molar refractivity (Wildman–Crippen MR) is 100 cm³/mol. The smallest absolute Gasteiger partial charge is 0.154 e. The molecule has 1 aromatic heterocycles. The fourth-order valence-corrected chi connectivity index (χ4v) is 3.01. The number of benzene rings is 2. The van der Waals surface area contributed by atoms with Crippen LogP contribution in [0.15, 0.2) is 64.8 Å². The molecule has 2 aromatic carbocycles. The Morgan fingerprint density at radius 2 is 1.54 bits per heavy atom. The van der Waals surface area contributed by atoms with Gasteiger partial charge in [0.1, 0.15) is 17.0 Å². The number of aromatic nitrogens is 2. The zero-order valence-corrected chi connectivity index (χ0v) is 14.6. The van der Waals surface area contributed by atoms with Crippen LogP contribution in [0.5, 0.6) is 0 Å². The number of hydrogen-bond acceptors (Lipinski definition) is 5. The van der Waals surface area contributed by atoms with Gasteiger partial charge in [-0.05, 0) is 31.5 Å². The molecule has 0 spiro atoms. The highest BCUT2D eigenvalue weighted by Crippen LogP contribution is 2.33. The Hall–Kier alpha value is -2.53. The van der Waals surface area contributed by atoms with Crippen molar-refractivity contribution in [2.75, 3.05) is 11.1 Å².